The van der Waals surface area contributed by atoms with Gasteiger partial charge in [0.1, 0.15) is 0 Å². The smallest absolute Gasteiger partial charge is 0.0619 e. The molecule has 0 bridgehead atoms. The number of aromatic amines is 1. The van der Waals surface area contributed by atoms with Gasteiger partial charge in [0.15, 0.2) is 0 Å². The Morgan fingerprint density at radius 1 is 0.409 bits per heavy atom. The van der Waals surface area contributed by atoms with Crippen molar-refractivity contribution in [3.8, 4) is 39.1 Å². The first-order chi connectivity index (χ1) is 32.7. The van der Waals surface area contributed by atoms with E-state index in [1.807, 2.05) is 0 Å². The van der Waals surface area contributed by atoms with Crippen LogP contribution in [-0.4, -0.2) is 14.1 Å². The molecule has 0 amide bonds. The Balaban J connectivity index is 1.15. The van der Waals surface area contributed by atoms with E-state index in [4.69, 9.17) is 0 Å². The van der Waals surface area contributed by atoms with Crippen LogP contribution in [0.2, 0.25) is 0 Å². The maximum atomic E-state index is 3.85. The molecule has 1 aliphatic rings. The summed E-state index contributed by atoms with van der Waals surface area (Å²) in [5, 5.41) is 12.4. The Morgan fingerprint density at radius 3 is 1.61 bits per heavy atom. The molecule has 3 heterocycles. The van der Waals surface area contributed by atoms with Gasteiger partial charge in [-0.25, -0.2) is 0 Å². The predicted octanol–water partition coefficient (Wildman–Crippen LogP) is 17.3. The van der Waals surface area contributed by atoms with Crippen molar-refractivity contribution in [1.82, 2.24) is 14.1 Å². The van der Waals surface area contributed by atoms with Crippen LogP contribution in [0.4, 0.5) is 0 Å². The van der Waals surface area contributed by atoms with Gasteiger partial charge in [0, 0.05) is 65.9 Å². The van der Waals surface area contributed by atoms with E-state index >= 15 is 0 Å². The number of fused-ring (bicyclic) bond motifs is 11. The first kappa shape index (κ1) is 37.0. The minimum Gasteiger partial charge on any atom is -0.354 e. The predicted molar refractivity (Wildman–Crippen MR) is 282 cm³/mol. The molecule has 0 radical (unpaired) electrons. The van der Waals surface area contributed by atoms with Crippen LogP contribution in [-0.2, 0) is 0 Å². The average molecular weight is 842 g/mol. The molecule has 1 N–H and O–H groups in total. The zero-order valence-electron chi connectivity index (χ0n) is 36.5. The molecule has 66 heavy (non-hydrogen) atoms. The van der Waals surface area contributed by atoms with Gasteiger partial charge < -0.3 is 14.1 Å². The summed E-state index contributed by atoms with van der Waals surface area (Å²) in [7, 11) is 0. The maximum absolute atomic E-state index is 3.85. The van der Waals surface area contributed by atoms with E-state index in [1.165, 1.54) is 115 Å². The molecular weight excluding hydrogens is 799 g/mol. The van der Waals surface area contributed by atoms with Crippen LogP contribution in [0.25, 0.3) is 132 Å². The third-order valence-corrected chi connectivity index (χ3v) is 14.4. The van der Waals surface area contributed by atoms with Gasteiger partial charge in [0.2, 0.25) is 0 Å². The second-order valence-corrected chi connectivity index (χ2v) is 18.1. The highest BCUT2D eigenvalue weighted by Gasteiger charge is 2.24. The van der Waals surface area contributed by atoms with E-state index in [-0.39, 0.29) is 0 Å². The molecule has 1 atom stereocenters. The van der Waals surface area contributed by atoms with Crippen LogP contribution in [0.15, 0.2) is 218 Å². The van der Waals surface area contributed by atoms with Crippen LogP contribution in [0.3, 0.4) is 0 Å². The fourth-order valence-electron chi connectivity index (χ4n) is 11.5. The number of nitrogens with one attached hydrogen (secondary N) is 1. The molecule has 1 aliphatic carbocycles. The number of rotatable bonds is 5. The number of hydrogen-bond donors (Lipinski definition) is 1. The quantitative estimate of drug-likeness (QED) is 0.167. The second kappa shape index (κ2) is 14.3. The van der Waals surface area contributed by atoms with Gasteiger partial charge in [-0.2, -0.15) is 0 Å². The van der Waals surface area contributed by atoms with E-state index < -0.39 is 0 Å². The molecule has 10 aromatic carbocycles. The summed E-state index contributed by atoms with van der Waals surface area (Å²) in [5.41, 5.74) is 16.8. The molecular formula is C63H43N3. The third kappa shape index (κ3) is 5.31. The highest BCUT2D eigenvalue weighted by atomic mass is 15.0. The fraction of sp³-hybridized carbons (Fsp3) is 0.0476. The molecule has 0 fully saturated rings. The molecule has 3 heteroatoms. The second-order valence-electron chi connectivity index (χ2n) is 18.1. The summed E-state index contributed by atoms with van der Waals surface area (Å²) < 4.78 is 5.00. The van der Waals surface area contributed by atoms with E-state index in [9.17, 15) is 0 Å². The van der Waals surface area contributed by atoms with Crippen LogP contribution in [0.1, 0.15) is 13.3 Å². The van der Waals surface area contributed by atoms with Gasteiger partial charge >= 0.3 is 0 Å². The Labute approximate surface area is 381 Å². The van der Waals surface area contributed by atoms with Crippen LogP contribution in [0.5, 0.6) is 0 Å². The zero-order valence-corrected chi connectivity index (χ0v) is 36.5. The Kier molecular flexibility index (Phi) is 8.02. The van der Waals surface area contributed by atoms with Crippen molar-refractivity contribution < 1.29 is 0 Å². The summed E-state index contributed by atoms with van der Waals surface area (Å²) in [4.78, 5) is 3.85. The lowest BCUT2D eigenvalue weighted by atomic mass is 9.85. The summed E-state index contributed by atoms with van der Waals surface area (Å²) in [6.45, 7) is 2.30. The molecule has 0 saturated heterocycles. The molecule has 1 unspecified atom stereocenters. The monoisotopic (exact) mass is 841 g/mol. The summed E-state index contributed by atoms with van der Waals surface area (Å²) in [6.07, 6.45) is 8.13. The molecule has 310 valence electrons. The molecule has 0 saturated carbocycles. The number of H-pyrrole nitrogens is 1. The van der Waals surface area contributed by atoms with Crippen molar-refractivity contribution >= 4 is 92.7 Å². The van der Waals surface area contributed by atoms with E-state index in [0.29, 0.717) is 5.92 Å². The van der Waals surface area contributed by atoms with Crippen molar-refractivity contribution in [3.05, 3.63) is 218 Å². The van der Waals surface area contributed by atoms with Gasteiger partial charge in [-0.3, -0.25) is 0 Å². The molecule has 3 aromatic heterocycles. The maximum Gasteiger partial charge on any atom is 0.0619 e. The molecule has 14 rings (SSSR count). The van der Waals surface area contributed by atoms with Gasteiger partial charge in [0.05, 0.1) is 27.6 Å². The molecule has 0 spiro atoms. The SMILES string of the molecule is CC1C=CC(n2c3ccccc3c3cccc(-c4cccc5c(-c6cccc7c8ccccc8n(-c8ccccc8)c67)c6cccc(-c7cccc8c7[nH]c7ccccc78)c6cc45)c32)=CC1. The number of hydrogen-bond acceptors (Lipinski definition) is 0. The van der Waals surface area contributed by atoms with Gasteiger partial charge in [0.25, 0.3) is 0 Å². The van der Waals surface area contributed by atoms with Gasteiger partial charge in [-0.15, -0.1) is 0 Å². The van der Waals surface area contributed by atoms with Crippen LogP contribution in [0, 0.1) is 5.92 Å². The largest absolute Gasteiger partial charge is 0.354 e. The third-order valence-electron chi connectivity index (χ3n) is 14.4. The number of allylic oxidation sites excluding steroid dienone is 4. The lowest BCUT2D eigenvalue weighted by Crippen LogP contribution is -2.01. The number of para-hydroxylation sites is 7. The lowest BCUT2D eigenvalue weighted by molar-refractivity contribution is 0.735. The van der Waals surface area contributed by atoms with Crippen molar-refractivity contribution in [1.29, 1.82) is 0 Å². The Morgan fingerprint density at radius 2 is 0.924 bits per heavy atom. The summed E-state index contributed by atoms with van der Waals surface area (Å²) >= 11 is 0. The zero-order chi connectivity index (χ0) is 43.5. The normalized spacial score (nSPS) is 14.3. The molecule has 13 aromatic rings. The summed E-state index contributed by atoms with van der Waals surface area (Å²) in [5.74, 6) is 0.514. The van der Waals surface area contributed by atoms with Crippen LogP contribution >= 0.6 is 0 Å². The number of aromatic nitrogens is 3. The number of benzene rings is 10. The Hall–Kier alpha value is -8.40. The van der Waals surface area contributed by atoms with Crippen molar-refractivity contribution in [2.24, 2.45) is 5.92 Å². The van der Waals surface area contributed by atoms with Crippen molar-refractivity contribution in [2.45, 2.75) is 13.3 Å². The average Bonchev–Trinajstić information content (AvgIpc) is 4.04. The lowest BCUT2D eigenvalue weighted by Gasteiger charge is -2.20. The Bertz CT molecular complexity index is 4210. The van der Waals surface area contributed by atoms with Gasteiger partial charge in [-0.1, -0.05) is 183 Å². The summed E-state index contributed by atoms with van der Waals surface area (Å²) in [6, 6.07) is 74.3. The molecule has 0 aliphatic heterocycles. The first-order valence-corrected chi connectivity index (χ1v) is 23.2. The van der Waals surface area contributed by atoms with E-state index in [1.54, 1.807) is 0 Å². The van der Waals surface area contributed by atoms with Crippen molar-refractivity contribution in [3.63, 3.8) is 0 Å². The van der Waals surface area contributed by atoms with E-state index in [2.05, 4.69) is 239 Å². The first-order valence-electron chi connectivity index (χ1n) is 23.2. The minimum atomic E-state index is 0.514. The van der Waals surface area contributed by atoms with Crippen LogP contribution < -0.4 is 0 Å². The molecule has 3 nitrogen and oxygen atoms in total. The fourth-order valence-corrected chi connectivity index (χ4v) is 11.5. The topological polar surface area (TPSA) is 25.6 Å². The highest BCUT2D eigenvalue weighted by molar-refractivity contribution is 6.26. The number of nitrogens with zero attached hydrogens (tertiary/aromatic N) is 2. The standard InChI is InChI=1S/C63H43N3/c1-39-34-36-41(37-35-39)66-59-33-10-6-19-45(59)52-28-14-27-51(62(52)66)43-22-12-24-48-56(43)38-55-42(49-25-13-26-50-44-18-5-8-31-57(44)64-61(49)50)21-11-23-47(55)60(48)54-30-15-29-53-46-20-7-9-32-58(46)65(63(53)54)40-16-3-2-4-17-40/h2-34,36-39,64H,35H2,1H3. The minimum absolute atomic E-state index is 0.514. The van der Waals surface area contributed by atoms with Crippen molar-refractivity contribution in [2.75, 3.05) is 0 Å². The highest BCUT2D eigenvalue weighted by Crippen LogP contribution is 2.49. The van der Waals surface area contributed by atoms with E-state index in [0.717, 1.165) is 23.1 Å². The van der Waals surface area contributed by atoms with Gasteiger partial charge in [-0.05, 0) is 93.0 Å².